The van der Waals surface area contributed by atoms with Crippen LogP contribution in [0.1, 0.15) is 57.1 Å². The van der Waals surface area contributed by atoms with Gasteiger partial charge in [0, 0.05) is 10.0 Å². The molecule has 3 N–H and O–H groups in total. The van der Waals surface area contributed by atoms with E-state index < -0.39 is 0 Å². The van der Waals surface area contributed by atoms with Crippen LogP contribution >= 0.6 is 27.5 Å². The van der Waals surface area contributed by atoms with Gasteiger partial charge >= 0.3 is 0 Å². The molecule has 1 aliphatic rings. The SMILES string of the molecule is CCCC1CCC(C(NN)c2ccc(Br)c(Cl)c2F)CC1. The number of nitrogens with one attached hydrogen (secondary N) is 1. The first kappa shape index (κ1) is 17.2. The third kappa shape index (κ3) is 3.98. The van der Waals surface area contributed by atoms with Crippen LogP contribution in [0.5, 0.6) is 0 Å². The lowest BCUT2D eigenvalue weighted by molar-refractivity contribution is 0.212. The van der Waals surface area contributed by atoms with Crippen LogP contribution in [0.3, 0.4) is 0 Å². The van der Waals surface area contributed by atoms with Gasteiger partial charge < -0.3 is 0 Å². The molecule has 0 saturated heterocycles. The van der Waals surface area contributed by atoms with Gasteiger partial charge in [-0.1, -0.05) is 50.3 Å². The Morgan fingerprint density at radius 2 is 2.05 bits per heavy atom. The molecule has 0 amide bonds. The van der Waals surface area contributed by atoms with Gasteiger partial charge in [-0.2, -0.15) is 0 Å². The third-order valence-electron chi connectivity index (χ3n) is 4.64. The second-order valence-electron chi connectivity index (χ2n) is 5.98. The molecule has 0 aromatic heterocycles. The van der Waals surface area contributed by atoms with Crippen molar-refractivity contribution < 1.29 is 4.39 Å². The quantitative estimate of drug-likeness (QED) is 0.412. The summed E-state index contributed by atoms with van der Waals surface area (Å²) >= 11 is 9.25. The smallest absolute Gasteiger partial charge is 0.147 e. The van der Waals surface area contributed by atoms with Gasteiger partial charge in [0.25, 0.3) is 0 Å². The van der Waals surface area contributed by atoms with Crippen LogP contribution in [0.25, 0.3) is 0 Å². The second kappa shape index (κ2) is 7.91. The Morgan fingerprint density at radius 3 is 2.62 bits per heavy atom. The van der Waals surface area contributed by atoms with E-state index in [0.29, 0.717) is 16.0 Å². The molecule has 1 atom stereocenters. The first-order valence-corrected chi connectivity index (χ1v) is 8.85. The average Bonchev–Trinajstić information content (AvgIpc) is 2.50. The van der Waals surface area contributed by atoms with E-state index in [1.165, 1.54) is 25.7 Å². The fraction of sp³-hybridized carbons (Fsp3) is 0.625. The highest BCUT2D eigenvalue weighted by atomic mass is 79.9. The Balaban J connectivity index is 2.12. The number of benzene rings is 1. The summed E-state index contributed by atoms with van der Waals surface area (Å²) in [5.74, 6) is 6.54. The lowest BCUT2D eigenvalue weighted by Crippen LogP contribution is -2.36. The number of hydrogen-bond acceptors (Lipinski definition) is 2. The summed E-state index contributed by atoms with van der Waals surface area (Å²) in [5.41, 5.74) is 3.38. The van der Waals surface area contributed by atoms with Crippen LogP contribution in [-0.2, 0) is 0 Å². The molecule has 1 aromatic rings. The predicted molar refractivity (Wildman–Crippen MR) is 89.5 cm³/mol. The van der Waals surface area contributed by atoms with E-state index in [1.807, 2.05) is 0 Å². The summed E-state index contributed by atoms with van der Waals surface area (Å²) in [6.07, 6.45) is 7.14. The molecule has 5 heteroatoms. The van der Waals surface area contributed by atoms with Gasteiger partial charge in [0.1, 0.15) is 5.82 Å². The lowest BCUT2D eigenvalue weighted by atomic mass is 9.75. The van der Waals surface area contributed by atoms with Crippen molar-refractivity contribution >= 4 is 27.5 Å². The normalized spacial score (nSPS) is 24.0. The van der Waals surface area contributed by atoms with E-state index in [1.54, 1.807) is 12.1 Å². The minimum absolute atomic E-state index is 0.132. The number of nitrogens with two attached hydrogens (primary N) is 1. The molecule has 118 valence electrons. The van der Waals surface area contributed by atoms with Crippen molar-refractivity contribution in [3.8, 4) is 0 Å². The molecule has 1 unspecified atom stereocenters. The molecule has 1 aliphatic carbocycles. The minimum Gasteiger partial charge on any atom is -0.271 e. The molecule has 0 bridgehead atoms. The molecule has 0 spiro atoms. The minimum atomic E-state index is -0.371. The Hall–Kier alpha value is -0.160. The fourth-order valence-electron chi connectivity index (χ4n) is 3.48. The van der Waals surface area contributed by atoms with Crippen molar-refractivity contribution in [2.24, 2.45) is 17.7 Å². The molecule has 0 radical (unpaired) electrons. The molecule has 0 aliphatic heterocycles. The van der Waals surface area contributed by atoms with Crippen molar-refractivity contribution in [1.82, 2.24) is 5.43 Å². The summed E-state index contributed by atoms with van der Waals surface area (Å²) < 4.78 is 15.0. The topological polar surface area (TPSA) is 38.0 Å². The maximum absolute atomic E-state index is 14.4. The summed E-state index contributed by atoms with van der Waals surface area (Å²) in [6.45, 7) is 2.23. The van der Waals surface area contributed by atoms with Crippen LogP contribution in [0.4, 0.5) is 4.39 Å². The fourth-order valence-corrected chi connectivity index (χ4v) is 3.96. The van der Waals surface area contributed by atoms with Crippen molar-refractivity contribution in [2.75, 3.05) is 0 Å². The Morgan fingerprint density at radius 1 is 1.38 bits per heavy atom. The van der Waals surface area contributed by atoms with Gasteiger partial charge in [-0.3, -0.25) is 11.3 Å². The van der Waals surface area contributed by atoms with Crippen LogP contribution in [0.2, 0.25) is 5.02 Å². The van der Waals surface area contributed by atoms with Crippen LogP contribution in [0, 0.1) is 17.7 Å². The molecular weight excluding hydrogens is 355 g/mol. The first-order valence-electron chi connectivity index (χ1n) is 7.68. The van der Waals surface area contributed by atoms with Gasteiger partial charge in [-0.05, 0) is 46.7 Å². The van der Waals surface area contributed by atoms with E-state index in [0.717, 1.165) is 18.8 Å². The van der Waals surface area contributed by atoms with E-state index in [2.05, 4.69) is 28.3 Å². The highest BCUT2D eigenvalue weighted by Crippen LogP contribution is 2.40. The number of hydrazine groups is 1. The summed E-state index contributed by atoms with van der Waals surface area (Å²) in [4.78, 5) is 0. The molecule has 2 rings (SSSR count). The van der Waals surface area contributed by atoms with Crippen molar-refractivity contribution in [2.45, 2.75) is 51.5 Å². The second-order valence-corrected chi connectivity index (χ2v) is 7.21. The molecule has 0 heterocycles. The standard InChI is InChI=1S/C16H23BrClFN2/c1-2-3-10-4-6-11(7-5-10)16(21-20)12-8-9-13(17)14(18)15(12)19/h8-11,16,21H,2-7,20H2,1H3. The van der Waals surface area contributed by atoms with Crippen LogP contribution in [0.15, 0.2) is 16.6 Å². The van der Waals surface area contributed by atoms with Gasteiger partial charge in [-0.15, -0.1) is 0 Å². The van der Waals surface area contributed by atoms with E-state index in [9.17, 15) is 4.39 Å². The van der Waals surface area contributed by atoms with Gasteiger partial charge in [0.2, 0.25) is 0 Å². The highest BCUT2D eigenvalue weighted by molar-refractivity contribution is 9.10. The molecule has 1 saturated carbocycles. The van der Waals surface area contributed by atoms with E-state index >= 15 is 0 Å². The summed E-state index contributed by atoms with van der Waals surface area (Å²) in [6, 6.07) is 3.39. The van der Waals surface area contributed by atoms with Crippen molar-refractivity contribution in [1.29, 1.82) is 0 Å². The Kier molecular flexibility index (Phi) is 6.48. The summed E-state index contributed by atoms with van der Waals surface area (Å²) in [5, 5.41) is 0.132. The Labute approximate surface area is 139 Å². The van der Waals surface area contributed by atoms with Gasteiger partial charge in [0.15, 0.2) is 0 Å². The maximum Gasteiger partial charge on any atom is 0.147 e. The molecule has 2 nitrogen and oxygen atoms in total. The lowest BCUT2D eigenvalue weighted by Gasteiger charge is -2.34. The van der Waals surface area contributed by atoms with Crippen molar-refractivity contribution in [3.63, 3.8) is 0 Å². The maximum atomic E-state index is 14.4. The summed E-state index contributed by atoms with van der Waals surface area (Å²) in [7, 11) is 0. The molecular formula is C16H23BrClFN2. The van der Waals surface area contributed by atoms with E-state index in [4.69, 9.17) is 17.4 Å². The van der Waals surface area contributed by atoms with Crippen molar-refractivity contribution in [3.05, 3.63) is 33.0 Å². The van der Waals surface area contributed by atoms with Gasteiger partial charge in [0.05, 0.1) is 11.1 Å². The Bertz CT molecular complexity index is 476. The molecule has 1 fully saturated rings. The molecule has 21 heavy (non-hydrogen) atoms. The van der Waals surface area contributed by atoms with Gasteiger partial charge in [-0.25, -0.2) is 4.39 Å². The number of halogens is 3. The number of hydrogen-bond donors (Lipinski definition) is 2. The monoisotopic (exact) mass is 376 g/mol. The highest BCUT2D eigenvalue weighted by Gasteiger charge is 2.30. The largest absolute Gasteiger partial charge is 0.271 e. The zero-order chi connectivity index (χ0) is 15.4. The zero-order valence-corrected chi connectivity index (χ0v) is 14.7. The molecule has 1 aromatic carbocycles. The average molecular weight is 378 g/mol. The first-order chi connectivity index (χ1) is 10.1. The van der Waals surface area contributed by atoms with Crippen LogP contribution < -0.4 is 11.3 Å². The van der Waals surface area contributed by atoms with E-state index in [-0.39, 0.29) is 16.9 Å². The third-order valence-corrected chi connectivity index (χ3v) is 5.90. The van der Waals surface area contributed by atoms with Crippen LogP contribution in [-0.4, -0.2) is 0 Å². The number of rotatable bonds is 5. The predicted octanol–water partition coefficient (Wildman–Crippen LogP) is 5.35. The zero-order valence-electron chi connectivity index (χ0n) is 12.3.